The molecule has 1 amide bonds. The smallest absolute Gasteiger partial charge is 0.410 e. The molecule has 1 saturated heterocycles. The fourth-order valence-corrected chi connectivity index (χ4v) is 3.51. The topological polar surface area (TPSA) is 32.8 Å². The van der Waals surface area contributed by atoms with E-state index in [2.05, 4.69) is 0 Å². The molecule has 1 unspecified atom stereocenters. The quantitative estimate of drug-likeness (QED) is 0.789. The summed E-state index contributed by atoms with van der Waals surface area (Å²) in [6, 6.07) is -0.877. The van der Waals surface area contributed by atoms with Gasteiger partial charge in [-0.05, 0) is 39.5 Å². The van der Waals surface area contributed by atoms with Gasteiger partial charge in [-0.25, -0.2) is 13.6 Å². The zero-order chi connectivity index (χ0) is 17.0. The first-order chi connectivity index (χ1) is 10.8. The van der Waals surface area contributed by atoms with Crippen LogP contribution < -0.4 is 0 Å². The van der Waals surface area contributed by atoms with E-state index in [1.807, 2.05) is 4.90 Å². The highest BCUT2D eigenvalue weighted by Gasteiger charge is 2.37. The van der Waals surface area contributed by atoms with E-state index in [1.165, 1.54) is 24.2 Å². The average Bonchev–Trinajstić information content (AvgIpc) is 2.46. The molecule has 0 bridgehead atoms. The van der Waals surface area contributed by atoms with Crippen molar-refractivity contribution in [3.05, 3.63) is 0 Å². The molecule has 0 N–H and O–H groups in total. The summed E-state index contributed by atoms with van der Waals surface area (Å²) in [4.78, 5) is 15.4. The third-order valence-corrected chi connectivity index (χ3v) is 4.69. The molecule has 0 aromatic carbocycles. The maximum absolute atomic E-state index is 13.5. The first-order valence-corrected chi connectivity index (χ1v) is 8.76. The van der Waals surface area contributed by atoms with E-state index in [1.54, 1.807) is 20.8 Å². The largest absolute Gasteiger partial charge is 0.444 e. The lowest BCUT2D eigenvalue weighted by molar-refractivity contribution is -0.0412. The van der Waals surface area contributed by atoms with Gasteiger partial charge in [-0.15, -0.1) is 0 Å². The van der Waals surface area contributed by atoms with Crippen LogP contribution in [0, 0.1) is 5.92 Å². The van der Waals surface area contributed by atoms with Crippen molar-refractivity contribution in [2.45, 2.75) is 70.9 Å². The first kappa shape index (κ1) is 18.4. The molecular formula is C17H30F2N2O2. The third kappa shape index (κ3) is 5.59. The first-order valence-electron chi connectivity index (χ1n) is 8.76. The Balaban J connectivity index is 1.93. The Morgan fingerprint density at radius 2 is 1.83 bits per heavy atom. The number of hydrogen-bond donors (Lipinski definition) is 0. The van der Waals surface area contributed by atoms with Crippen LogP contribution in [-0.2, 0) is 4.74 Å². The molecule has 0 aromatic rings. The number of nitrogens with zero attached hydrogens (tertiary/aromatic N) is 2. The Morgan fingerprint density at radius 1 is 1.17 bits per heavy atom. The molecule has 2 fully saturated rings. The van der Waals surface area contributed by atoms with Gasteiger partial charge in [0.15, 0.2) is 0 Å². The highest BCUT2D eigenvalue weighted by atomic mass is 19.3. The van der Waals surface area contributed by atoms with Crippen LogP contribution in [-0.4, -0.2) is 60.1 Å². The fourth-order valence-electron chi connectivity index (χ4n) is 3.51. The Hall–Kier alpha value is -0.910. The molecule has 0 aromatic heterocycles. The van der Waals surface area contributed by atoms with Gasteiger partial charge in [0.25, 0.3) is 6.43 Å². The molecule has 0 radical (unpaired) electrons. The standard InChI is InChI=1S/C17H30F2N2O2/c1-17(2,3)23-16(22)21-10-9-20(14(12-21)15(18)19)11-13-7-5-4-6-8-13/h13-15H,4-12H2,1-3H3. The third-order valence-electron chi connectivity index (χ3n) is 4.69. The van der Waals surface area contributed by atoms with Crippen molar-refractivity contribution in [3.8, 4) is 0 Å². The van der Waals surface area contributed by atoms with Gasteiger partial charge < -0.3 is 9.64 Å². The summed E-state index contributed by atoms with van der Waals surface area (Å²) in [7, 11) is 0. The van der Waals surface area contributed by atoms with Crippen LogP contribution in [0.15, 0.2) is 0 Å². The maximum atomic E-state index is 13.5. The van der Waals surface area contributed by atoms with E-state index >= 15 is 0 Å². The normalized spacial score (nSPS) is 25.0. The molecule has 6 heteroatoms. The second kappa shape index (κ2) is 7.77. The van der Waals surface area contributed by atoms with Crippen molar-refractivity contribution in [1.29, 1.82) is 0 Å². The lowest BCUT2D eigenvalue weighted by Crippen LogP contribution is -2.58. The van der Waals surface area contributed by atoms with Crippen LogP contribution in [0.2, 0.25) is 0 Å². The summed E-state index contributed by atoms with van der Waals surface area (Å²) in [6.45, 7) is 7.12. The number of ether oxygens (including phenoxy) is 1. The summed E-state index contributed by atoms with van der Waals surface area (Å²) in [5.74, 6) is 0.526. The van der Waals surface area contributed by atoms with Gasteiger partial charge >= 0.3 is 6.09 Å². The summed E-state index contributed by atoms with van der Waals surface area (Å²) >= 11 is 0. The van der Waals surface area contributed by atoms with E-state index in [4.69, 9.17) is 4.74 Å². The van der Waals surface area contributed by atoms with Gasteiger partial charge in [0.1, 0.15) is 5.60 Å². The zero-order valence-electron chi connectivity index (χ0n) is 14.6. The number of alkyl halides is 2. The maximum Gasteiger partial charge on any atom is 0.410 e. The predicted octanol–water partition coefficient (Wildman–Crippen LogP) is 3.75. The second-order valence-corrected chi connectivity index (χ2v) is 7.83. The van der Waals surface area contributed by atoms with E-state index in [-0.39, 0.29) is 6.54 Å². The van der Waals surface area contributed by atoms with Crippen LogP contribution in [0.1, 0.15) is 52.9 Å². The number of halogens is 2. The number of carbonyl (C=O) groups excluding carboxylic acids is 1. The molecule has 1 aliphatic heterocycles. The highest BCUT2D eigenvalue weighted by molar-refractivity contribution is 5.68. The monoisotopic (exact) mass is 332 g/mol. The minimum atomic E-state index is -2.44. The van der Waals surface area contributed by atoms with E-state index < -0.39 is 24.2 Å². The molecule has 1 heterocycles. The van der Waals surface area contributed by atoms with Crippen LogP contribution in [0.4, 0.5) is 13.6 Å². The SMILES string of the molecule is CC(C)(C)OC(=O)N1CCN(CC2CCCCC2)C(C(F)F)C1. The number of rotatable bonds is 3. The summed E-state index contributed by atoms with van der Waals surface area (Å²) in [5.41, 5.74) is -0.601. The molecule has 0 spiro atoms. The Bertz CT molecular complexity index is 393. The van der Waals surface area contributed by atoms with Crippen molar-refractivity contribution >= 4 is 6.09 Å². The number of amides is 1. The van der Waals surface area contributed by atoms with E-state index in [0.29, 0.717) is 19.0 Å². The molecule has 1 aliphatic carbocycles. The molecule has 2 aliphatic rings. The van der Waals surface area contributed by atoms with Crippen molar-refractivity contribution in [1.82, 2.24) is 9.80 Å². The Morgan fingerprint density at radius 3 is 2.39 bits per heavy atom. The van der Waals surface area contributed by atoms with Crippen LogP contribution in [0.25, 0.3) is 0 Å². The summed E-state index contributed by atoms with van der Waals surface area (Å²) in [5, 5.41) is 0. The minimum absolute atomic E-state index is 0.0549. The van der Waals surface area contributed by atoms with Crippen molar-refractivity contribution < 1.29 is 18.3 Å². The molecule has 1 atom stereocenters. The second-order valence-electron chi connectivity index (χ2n) is 7.83. The predicted molar refractivity (Wildman–Crippen MR) is 85.7 cm³/mol. The van der Waals surface area contributed by atoms with Crippen LogP contribution in [0.5, 0.6) is 0 Å². The number of carbonyl (C=O) groups is 1. The lowest BCUT2D eigenvalue weighted by atomic mass is 9.88. The van der Waals surface area contributed by atoms with Gasteiger partial charge in [-0.1, -0.05) is 19.3 Å². The molecule has 4 nitrogen and oxygen atoms in total. The molecular weight excluding hydrogens is 302 g/mol. The van der Waals surface area contributed by atoms with Gasteiger partial charge in [-0.3, -0.25) is 4.90 Å². The Labute approximate surface area is 138 Å². The molecule has 2 rings (SSSR count). The van der Waals surface area contributed by atoms with Gasteiger partial charge in [0.2, 0.25) is 0 Å². The van der Waals surface area contributed by atoms with Crippen molar-refractivity contribution in [3.63, 3.8) is 0 Å². The van der Waals surface area contributed by atoms with Gasteiger partial charge in [0, 0.05) is 26.2 Å². The van der Waals surface area contributed by atoms with Crippen LogP contribution >= 0.6 is 0 Å². The average molecular weight is 332 g/mol. The Kier molecular flexibility index (Phi) is 6.23. The van der Waals surface area contributed by atoms with Gasteiger partial charge in [-0.2, -0.15) is 0 Å². The van der Waals surface area contributed by atoms with Crippen LogP contribution in [0.3, 0.4) is 0 Å². The zero-order valence-corrected chi connectivity index (χ0v) is 14.6. The fraction of sp³-hybridized carbons (Fsp3) is 0.941. The van der Waals surface area contributed by atoms with Crippen molar-refractivity contribution in [2.24, 2.45) is 5.92 Å². The number of hydrogen-bond acceptors (Lipinski definition) is 3. The van der Waals surface area contributed by atoms with E-state index in [9.17, 15) is 13.6 Å². The minimum Gasteiger partial charge on any atom is -0.444 e. The number of piperazine rings is 1. The molecule has 134 valence electrons. The highest BCUT2D eigenvalue weighted by Crippen LogP contribution is 2.27. The molecule has 1 saturated carbocycles. The summed E-state index contributed by atoms with van der Waals surface area (Å²) in [6.07, 6.45) is 3.04. The van der Waals surface area contributed by atoms with Crippen molar-refractivity contribution in [2.75, 3.05) is 26.2 Å². The molecule has 23 heavy (non-hydrogen) atoms. The summed E-state index contributed by atoms with van der Waals surface area (Å²) < 4.78 is 32.3. The van der Waals surface area contributed by atoms with Gasteiger partial charge in [0.05, 0.1) is 6.04 Å². The van der Waals surface area contributed by atoms with E-state index in [0.717, 1.165) is 19.4 Å². The lowest BCUT2D eigenvalue weighted by Gasteiger charge is -2.42.